The number of hydrogen-bond donors (Lipinski definition) is 1. The molecule has 0 aromatic heterocycles. The van der Waals surface area contributed by atoms with Gasteiger partial charge in [-0.1, -0.05) is 0 Å². The van der Waals surface area contributed by atoms with Crippen molar-refractivity contribution in [3.63, 3.8) is 0 Å². The van der Waals surface area contributed by atoms with Crippen molar-refractivity contribution in [2.45, 2.75) is 11.1 Å². The first-order valence-electron chi connectivity index (χ1n) is 4.23. The van der Waals surface area contributed by atoms with Crippen LogP contribution >= 0.6 is 0 Å². The summed E-state index contributed by atoms with van der Waals surface area (Å²) in [5, 5.41) is 19.8. The van der Waals surface area contributed by atoms with Crippen LogP contribution in [0.25, 0.3) is 0 Å². The van der Waals surface area contributed by atoms with Gasteiger partial charge in [0, 0.05) is 12.3 Å². The minimum atomic E-state index is -4.96. The Balaban J connectivity index is 3.74. The van der Waals surface area contributed by atoms with Gasteiger partial charge in [-0.05, 0) is 6.07 Å². The summed E-state index contributed by atoms with van der Waals surface area (Å²) >= 11 is 0. The summed E-state index contributed by atoms with van der Waals surface area (Å²) in [7, 11) is -4.23. The quantitative estimate of drug-likeness (QED) is 0.659. The third kappa shape index (κ3) is 2.70. The summed E-state index contributed by atoms with van der Waals surface area (Å²) in [6, 6.07) is 0.224. The van der Waals surface area contributed by atoms with E-state index in [1.165, 1.54) is 0 Å². The number of sulfone groups is 1. The number of rotatable bonds is 2. The Morgan fingerprint density at radius 1 is 1.33 bits per heavy atom. The molecular weight excluding hydrogens is 279 g/mol. The molecule has 0 heterocycles. The second-order valence-corrected chi connectivity index (χ2v) is 5.35. The van der Waals surface area contributed by atoms with Crippen molar-refractivity contribution in [3.05, 3.63) is 27.8 Å². The normalized spacial score (nSPS) is 12.4. The van der Waals surface area contributed by atoms with E-state index in [-0.39, 0.29) is 12.1 Å². The van der Waals surface area contributed by atoms with Crippen LogP contribution < -0.4 is 0 Å². The average molecular weight is 285 g/mol. The Labute approximate surface area is 98.7 Å². The molecule has 18 heavy (non-hydrogen) atoms. The van der Waals surface area contributed by atoms with Crippen molar-refractivity contribution < 1.29 is 31.6 Å². The van der Waals surface area contributed by atoms with Gasteiger partial charge in [-0.15, -0.1) is 0 Å². The Morgan fingerprint density at radius 2 is 1.83 bits per heavy atom. The smallest absolute Gasteiger partial charge is 0.416 e. The van der Waals surface area contributed by atoms with Crippen LogP contribution in [0.15, 0.2) is 17.0 Å². The number of phenolic OH excluding ortho intramolecular Hbond substituents is 1. The fourth-order valence-corrected chi connectivity index (χ4v) is 1.98. The zero-order valence-electron chi connectivity index (χ0n) is 8.72. The molecule has 1 aromatic rings. The van der Waals surface area contributed by atoms with Gasteiger partial charge in [0.05, 0.1) is 10.5 Å². The largest absolute Gasteiger partial charge is 0.501 e. The summed E-state index contributed by atoms with van der Waals surface area (Å²) in [5.41, 5.74) is -2.84. The zero-order valence-corrected chi connectivity index (χ0v) is 9.54. The highest BCUT2D eigenvalue weighted by molar-refractivity contribution is 7.90. The molecule has 0 radical (unpaired) electrons. The topological polar surface area (TPSA) is 97.5 Å². The van der Waals surface area contributed by atoms with Crippen molar-refractivity contribution in [1.82, 2.24) is 0 Å². The van der Waals surface area contributed by atoms with Crippen LogP contribution in [0.3, 0.4) is 0 Å². The van der Waals surface area contributed by atoms with Crippen LogP contribution in [-0.2, 0) is 16.0 Å². The molecule has 0 amide bonds. The minimum absolute atomic E-state index is 0.0734. The van der Waals surface area contributed by atoms with Gasteiger partial charge in [0.15, 0.2) is 9.84 Å². The van der Waals surface area contributed by atoms with Crippen LogP contribution in [-0.4, -0.2) is 24.7 Å². The van der Waals surface area contributed by atoms with E-state index in [0.717, 1.165) is 0 Å². The molecule has 6 nitrogen and oxygen atoms in total. The Bertz CT molecular complexity index is 608. The van der Waals surface area contributed by atoms with Crippen molar-refractivity contribution in [2.75, 3.05) is 6.26 Å². The highest BCUT2D eigenvalue weighted by Gasteiger charge is 2.36. The van der Waals surface area contributed by atoms with Gasteiger partial charge in [0.1, 0.15) is 4.90 Å². The molecule has 0 bridgehead atoms. The third-order valence-electron chi connectivity index (χ3n) is 1.98. The first-order valence-corrected chi connectivity index (χ1v) is 6.12. The lowest BCUT2D eigenvalue weighted by atomic mass is 10.2. The van der Waals surface area contributed by atoms with Crippen molar-refractivity contribution in [1.29, 1.82) is 0 Å². The highest BCUT2D eigenvalue weighted by atomic mass is 32.2. The van der Waals surface area contributed by atoms with E-state index in [1.54, 1.807) is 0 Å². The van der Waals surface area contributed by atoms with Gasteiger partial charge >= 0.3 is 11.9 Å². The predicted octanol–water partition coefficient (Wildman–Crippen LogP) is 1.72. The van der Waals surface area contributed by atoms with Gasteiger partial charge in [-0.3, -0.25) is 10.1 Å². The fraction of sp³-hybridized carbons (Fsp3) is 0.250. The van der Waals surface area contributed by atoms with Gasteiger partial charge in [0.25, 0.3) is 0 Å². The van der Waals surface area contributed by atoms with E-state index in [4.69, 9.17) is 0 Å². The maximum absolute atomic E-state index is 12.4. The molecule has 1 rings (SSSR count). The van der Waals surface area contributed by atoms with Gasteiger partial charge in [-0.25, -0.2) is 8.42 Å². The van der Waals surface area contributed by atoms with E-state index in [2.05, 4.69) is 0 Å². The predicted molar refractivity (Wildman–Crippen MR) is 52.9 cm³/mol. The molecule has 1 aromatic carbocycles. The summed E-state index contributed by atoms with van der Waals surface area (Å²) in [5.74, 6) is -1.31. The van der Waals surface area contributed by atoms with Crippen molar-refractivity contribution >= 4 is 15.5 Å². The third-order valence-corrected chi connectivity index (χ3v) is 3.09. The molecule has 0 saturated heterocycles. The van der Waals surface area contributed by atoms with E-state index >= 15 is 0 Å². The molecule has 0 aliphatic heterocycles. The number of halogens is 3. The lowest BCUT2D eigenvalue weighted by molar-refractivity contribution is -0.386. The summed E-state index contributed by atoms with van der Waals surface area (Å²) in [6.07, 6.45) is -4.43. The summed E-state index contributed by atoms with van der Waals surface area (Å²) in [4.78, 5) is 8.04. The van der Waals surface area contributed by atoms with Crippen LogP contribution in [0.5, 0.6) is 5.75 Å². The second kappa shape index (κ2) is 4.12. The number of benzene rings is 1. The van der Waals surface area contributed by atoms with Crippen LogP contribution in [0.2, 0.25) is 0 Å². The molecular formula is C8H6F3NO5S. The highest BCUT2D eigenvalue weighted by Crippen LogP contribution is 2.39. The number of hydrogen-bond acceptors (Lipinski definition) is 5. The maximum Gasteiger partial charge on any atom is 0.416 e. The van der Waals surface area contributed by atoms with Crippen molar-refractivity contribution in [2.24, 2.45) is 0 Å². The number of aromatic hydroxyl groups is 1. The molecule has 0 atom stereocenters. The fourth-order valence-electron chi connectivity index (χ4n) is 1.18. The molecule has 0 aliphatic rings. The minimum Gasteiger partial charge on any atom is -0.501 e. The molecule has 1 N–H and O–H groups in total. The Kier molecular flexibility index (Phi) is 3.26. The molecule has 0 spiro atoms. The molecule has 0 fully saturated rings. The molecule has 0 unspecified atom stereocenters. The van der Waals surface area contributed by atoms with Gasteiger partial charge < -0.3 is 5.11 Å². The second-order valence-electron chi connectivity index (χ2n) is 3.37. The lowest BCUT2D eigenvalue weighted by Crippen LogP contribution is -2.09. The standard InChI is InChI=1S/C8H6F3NO5S/c1-18(16,17)6-3-4(8(9,10)11)2-5(7(6)13)12(14)15/h2-3,13H,1H3. The van der Waals surface area contributed by atoms with E-state index < -0.39 is 42.8 Å². The lowest BCUT2D eigenvalue weighted by Gasteiger charge is -2.09. The Hall–Kier alpha value is -1.84. The van der Waals surface area contributed by atoms with Crippen LogP contribution in [0, 0.1) is 10.1 Å². The zero-order chi connectivity index (χ0) is 14.3. The first kappa shape index (κ1) is 14.2. The van der Waals surface area contributed by atoms with E-state index in [0.29, 0.717) is 6.26 Å². The van der Waals surface area contributed by atoms with Gasteiger partial charge in [-0.2, -0.15) is 13.2 Å². The van der Waals surface area contributed by atoms with Crippen LogP contribution in [0.1, 0.15) is 5.56 Å². The average Bonchev–Trinajstić information content (AvgIpc) is 2.13. The molecule has 100 valence electrons. The Morgan fingerprint density at radius 3 is 2.17 bits per heavy atom. The number of phenols is 1. The molecule has 10 heteroatoms. The number of nitro groups is 1. The SMILES string of the molecule is CS(=O)(=O)c1cc(C(F)(F)F)cc([N+](=O)[O-])c1O. The van der Waals surface area contributed by atoms with E-state index in [9.17, 15) is 36.8 Å². The van der Waals surface area contributed by atoms with Gasteiger partial charge in [0.2, 0.25) is 5.75 Å². The number of nitrogens with zero attached hydrogens (tertiary/aromatic N) is 1. The van der Waals surface area contributed by atoms with Crippen molar-refractivity contribution in [3.8, 4) is 5.75 Å². The molecule has 0 aliphatic carbocycles. The first-order chi connectivity index (χ1) is 7.94. The maximum atomic E-state index is 12.4. The monoisotopic (exact) mass is 285 g/mol. The van der Waals surface area contributed by atoms with Crippen LogP contribution in [0.4, 0.5) is 18.9 Å². The van der Waals surface area contributed by atoms with E-state index in [1.807, 2.05) is 0 Å². The summed E-state index contributed by atoms with van der Waals surface area (Å²) in [6.45, 7) is 0. The molecule has 0 saturated carbocycles. The number of alkyl halides is 3. The summed E-state index contributed by atoms with van der Waals surface area (Å²) < 4.78 is 59.6. The number of nitro benzene ring substituents is 1.